The predicted molar refractivity (Wildman–Crippen MR) is 107 cm³/mol. The van der Waals surface area contributed by atoms with E-state index in [0.29, 0.717) is 25.1 Å². The van der Waals surface area contributed by atoms with Crippen LogP contribution >= 0.6 is 0 Å². The lowest BCUT2D eigenvalue weighted by Crippen LogP contribution is -2.32. The number of aryl methyl sites for hydroxylation is 1. The number of carbonyl (C=O) groups is 1. The van der Waals surface area contributed by atoms with Gasteiger partial charge in [0.25, 0.3) is 0 Å². The van der Waals surface area contributed by atoms with E-state index in [-0.39, 0.29) is 11.8 Å². The first-order valence-electron chi connectivity index (χ1n) is 9.54. The minimum absolute atomic E-state index is 0.0280. The Kier molecular flexibility index (Phi) is 5.42. The van der Waals surface area contributed by atoms with Crippen molar-refractivity contribution in [3.63, 3.8) is 0 Å². The fourth-order valence-electron chi connectivity index (χ4n) is 3.99. The minimum atomic E-state index is -0.837. The van der Waals surface area contributed by atoms with E-state index >= 15 is 0 Å². The van der Waals surface area contributed by atoms with E-state index in [1.165, 1.54) is 0 Å². The molecule has 5 nitrogen and oxygen atoms in total. The van der Waals surface area contributed by atoms with Gasteiger partial charge in [0, 0.05) is 24.4 Å². The van der Waals surface area contributed by atoms with Crippen LogP contribution in [0.15, 0.2) is 30.7 Å². The summed E-state index contributed by atoms with van der Waals surface area (Å²) >= 11 is 0. The number of benzene rings is 1. The molecule has 0 bridgehead atoms. The fraction of sp³-hybridized carbons (Fsp3) is 0.435. The first-order valence-corrected chi connectivity index (χ1v) is 9.54. The molecule has 0 radical (unpaired) electrons. The van der Waals surface area contributed by atoms with Crippen molar-refractivity contribution in [3.05, 3.63) is 53.1 Å². The van der Waals surface area contributed by atoms with E-state index in [9.17, 15) is 4.79 Å². The van der Waals surface area contributed by atoms with Crippen LogP contribution in [-0.2, 0) is 15.6 Å². The molecule has 146 valence electrons. The van der Waals surface area contributed by atoms with Crippen molar-refractivity contribution in [2.45, 2.75) is 57.3 Å². The summed E-state index contributed by atoms with van der Waals surface area (Å²) in [5.74, 6) is 3.03. The second kappa shape index (κ2) is 7.63. The maximum atomic E-state index is 11.1. The molecule has 1 aliphatic rings. The second-order valence-electron chi connectivity index (χ2n) is 8.03. The fourth-order valence-corrected chi connectivity index (χ4v) is 3.99. The SMILES string of the molecule is C#CC(CCCC(=O)O)(c1cnccn1)c1cc2c(cc1C)OCCC2(C)C. The van der Waals surface area contributed by atoms with Gasteiger partial charge in [0.1, 0.15) is 5.75 Å². The van der Waals surface area contributed by atoms with Crippen LogP contribution in [0.2, 0.25) is 0 Å². The number of hydrogen-bond donors (Lipinski definition) is 1. The first kappa shape index (κ1) is 19.9. The molecule has 1 aliphatic heterocycles. The maximum Gasteiger partial charge on any atom is 0.303 e. The van der Waals surface area contributed by atoms with Crippen LogP contribution < -0.4 is 4.74 Å². The van der Waals surface area contributed by atoms with E-state index in [2.05, 4.69) is 35.8 Å². The topological polar surface area (TPSA) is 72.3 Å². The molecule has 0 aliphatic carbocycles. The van der Waals surface area contributed by atoms with E-state index in [1.807, 2.05) is 13.0 Å². The van der Waals surface area contributed by atoms with Gasteiger partial charge < -0.3 is 9.84 Å². The highest BCUT2D eigenvalue weighted by Gasteiger charge is 2.38. The van der Waals surface area contributed by atoms with Crippen molar-refractivity contribution >= 4 is 5.97 Å². The minimum Gasteiger partial charge on any atom is -0.493 e. The third kappa shape index (κ3) is 3.60. The number of carboxylic acids is 1. The summed E-state index contributed by atoms with van der Waals surface area (Å²) in [5.41, 5.74) is 2.91. The van der Waals surface area contributed by atoms with Gasteiger partial charge in [-0.1, -0.05) is 19.8 Å². The highest BCUT2D eigenvalue weighted by atomic mass is 16.5. The predicted octanol–water partition coefficient (Wildman–Crippen LogP) is 4.02. The molecule has 0 amide bonds. The Morgan fingerprint density at radius 1 is 1.39 bits per heavy atom. The molecule has 0 fully saturated rings. The summed E-state index contributed by atoms with van der Waals surface area (Å²) in [4.78, 5) is 19.8. The number of carboxylic acid groups (broad SMARTS) is 1. The Bertz CT molecular complexity index is 915. The molecule has 3 rings (SSSR count). The Morgan fingerprint density at radius 2 is 2.18 bits per heavy atom. The monoisotopic (exact) mass is 378 g/mol. The summed E-state index contributed by atoms with van der Waals surface area (Å²) < 4.78 is 5.90. The van der Waals surface area contributed by atoms with Gasteiger partial charge in [-0.25, -0.2) is 0 Å². The van der Waals surface area contributed by atoms with Crippen LogP contribution in [0, 0.1) is 19.3 Å². The number of terminal acetylenes is 1. The summed E-state index contributed by atoms with van der Waals surface area (Å²) in [6.45, 7) is 7.12. The third-order valence-electron chi connectivity index (χ3n) is 5.69. The number of nitrogens with zero attached hydrogens (tertiary/aromatic N) is 2. The lowest BCUT2D eigenvalue weighted by Gasteiger charge is -2.36. The van der Waals surface area contributed by atoms with Gasteiger partial charge >= 0.3 is 5.97 Å². The maximum absolute atomic E-state index is 11.1. The van der Waals surface area contributed by atoms with E-state index < -0.39 is 11.4 Å². The molecular weight excluding hydrogens is 352 g/mol. The highest BCUT2D eigenvalue weighted by molar-refractivity contribution is 5.66. The lowest BCUT2D eigenvalue weighted by molar-refractivity contribution is -0.137. The molecule has 2 aromatic rings. The highest BCUT2D eigenvalue weighted by Crippen LogP contribution is 2.44. The average Bonchev–Trinajstić information content (AvgIpc) is 2.66. The molecule has 5 heteroatoms. The van der Waals surface area contributed by atoms with Crippen LogP contribution in [-0.4, -0.2) is 27.7 Å². The molecule has 1 atom stereocenters. The Hall–Kier alpha value is -2.87. The van der Waals surface area contributed by atoms with Gasteiger partial charge in [-0.2, -0.15) is 0 Å². The van der Waals surface area contributed by atoms with Gasteiger partial charge in [-0.3, -0.25) is 14.8 Å². The van der Waals surface area contributed by atoms with E-state index in [1.54, 1.807) is 18.6 Å². The molecule has 28 heavy (non-hydrogen) atoms. The normalized spacial score (nSPS) is 16.9. The van der Waals surface area contributed by atoms with Gasteiger partial charge in [-0.05, 0) is 54.9 Å². The largest absolute Gasteiger partial charge is 0.493 e. The molecule has 1 N–H and O–H groups in total. The average molecular weight is 378 g/mol. The number of fused-ring (bicyclic) bond motifs is 1. The number of rotatable bonds is 6. The smallest absolute Gasteiger partial charge is 0.303 e. The molecule has 1 unspecified atom stereocenters. The number of aromatic nitrogens is 2. The van der Waals surface area contributed by atoms with Crippen molar-refractivity contribution in [3.8, 4) is 18.1 Å². The van der Waals surface area contributed by atoms with Crippen LogP contribution in [0.5, 0.6) is 5.75 Å². The number of ether oxygens (including phenoxy) is 1. The Labute approximate surface area is 166 Å². The van der Waals surface area contributed by atoms with Crippen LogP contribution in [0.25, 0.3) is 0 Å². The van der Waals surface area contributed by atoms with Crippen LogP contribution in [0.4, 0.5) is 0 Å². The zero-order valence-electron chi connectivity index (χ0n) is 16.7. The quantitative estimate of drug-likeness (QED) is 0.769. The molecule has 0 spiro atoms. The van der Waals surface area contributed by atoms with E-state index in [0.717, 1.165) is 28.9 Å². The van der Waals surface area contributed by atoms with Gasteiger partial charge in [-0.15, -0.1) is 6.42 Å². The molecule has 1 aromatic heterocycles. The number of hydrogen-bond acceptors (Lipinski definition) is 4. The second-order valence-corrected chi connectivity index (χ2v) is 8.03. The Balaban J connectivity index is 2.18. The number of aliphatic carboxylic acids is 1. The molecule has 0 saturated heterocycles. The standard InChI is InChI=1S/C23H26N2O3/c1-5-23(8-6-7-21(26)27,20-15-24-10-11-25-20)17-14-18-19(13-16(17)2)28-12-9-22(18,3)4/h1,10-11,13-15H,6-9,12H2,2-4H3,(H,26,27). The third-order valence-corrected chi connectivity index (χ3v) is 5.69. The van der Waals surface area contributed by atoms with Crippen molar-refractivity contribution in [2.75, 3.05) is 6.61 Å². The Morgan fingerprint density at radius 3 is 2.82 bits per heavy atom. The van der Waals surface area contributed by atoms with Crippen molar-refractivity contribution in [1.82, 2.24) is 9.97 Å². The zero-order chi connectivity index (χ0) is 20.4. The van der Waals surface area contributed by atoms with Crippen LogP contribution in [0.3, 0.4) is 0 Å². The van der Waals surface area contributed by atoms with Crippen molar-refractivity contribution in [2.24, 2.45) is 0 Å². The molecule has 0 saturated carbocycles. The van der Waals surface area contributed by atoms with Gasteiger partial charge in [0.15, 0.2) is 0 Å². The van der Waals surface area contributed by atoms with Crippen LogP contribution in [0.1, 0.15) is 61.9 Å². The zero-order valence-corrected chi connectivity index (χ0v) is 16.7. The summed E-state index contributed by atoms with van der Waals surface area (Å²) in [6.07, 6.45) is 12.9. The molecule has 1 aromatic carbocycles. The van der Waals surface area contributed by atoms with Crippen molar-refractivity contribution < 1.29 is 14.6 Å². The summed E-state index contributed by atoms with van der Waals surface area (Å²) in [5, 5.41) is 9.11. The first-order chi connectivity index (χ1) is 13.3. The molecular formula is C23H26N2O3. The lowest BCUT2D eigenvalue weighted by atomic mass is 9.70. The van der Waals surface area contributed by atoms with E-state index in [4.69, 9.17) is 16.3 Å². The molecule has 2 heterocycles. The van der Waals surface area contributed by atoms with Crippen molar-refractivity contribution in [1.29, 1.82) is 0 Å². The van der Waals surface area contributed by atoms with Gasteiger partial charge in [0.2, 0.25) is 0 Å². The van der Waals surface area contributed by atoms with Gasteiger partial charge in [0.05, 0.1) is 23.9 Å². The summed E-state index contributed by atoms with van der Waals surface area (Å²) in [7, 11) is 0. The summed E-state index contributed by atoms with van der Waals surface area (Å²) in [6, 6.07) is 4.18.